The van der Waals surface area contributed by atoms with E-state index in [4.69, 9.17) is 4.74 Å². The summed E-state index contributed by atoms with van der Waals surface area (Å²) < 4.78 is 6.79. The van der Waals surface area contributed by atoms with Crippen LogP contribution >= 0.6 is 0 Å². The van der Waals surface area contributed by atoms with Crippen LogP contribution < -0.4 is 0 Å². The van der Waals surface area contributed by atoms with Crippen LogP contribution in [-0.2, 0) is 11.8 Å². The third kappa shape index (κ3) is 1.74. The third-order valence-electron chi connectivity index (χ3n) is 2.48. The quantitative estimate of drug-likeness (QED) is 0.803. The summed E-state index contributed by atoms with van der Waals surface area (Å²) in [5.41, 5.74) is 2.51. The van der Waals surface area contributed by atoms with Gasteiger partial charge in [-0.15, -0.1) is 0 Å². The highest BCUT2D eigenvalue weighted by molar-refractivity contribution is 5.89. The van der Waals surface area contributed by atoms with Crippen LogP contribution in [0.25, 0.3) is 11.4 Å². The molecular formula is C12H14N2O2. The number of hydrogen-bond donors (Lipinski definition) is 1. The van der Waals surface area contributed by atoms with Crippen molar-refractivity contribution >= 4 is 5.97 Å². The maximum Gasteiger partial charge on any atom is 0.354 e. The van der Waals surface area contributed by atoms with Gasteiger partial charge in [-0.05, 0) is 31.2 Å². The second kappa shape index (κ2) is 4.26. The Hall–Kier alpha value is -1.97. The number of ether oxygens (including phenoxy) is 1. The molecule has 84 valence electrons. The molecule has 0 radical (unpaired) electrons. The minimum atomic E-state index is -0.289. The second-order valence-corrected chi connectivity index (χ2v) is 3.47. The fourth-order valence-corrected chi connectivity index (χ4v) is 1.68. The Kier molecular flexibility index (Phi) is 2.81. The average molecular weight is 218 g/mol. The van der Waals surface area contributed by atoms with Crippen LogP contribution in [0, 0.1) is 0 Å². The topological polar surface area (TPSA) is 47.0 Å². The van der Waals surface area contributed by atoms with E-state index in [0.29, 0.717) is 12.3 Å². The van der Waals surface area contributed by atoms with E-state index in [-0.39, 0.29) is 5.97 Å². The highest BCUT2D eigenvalue weighted by Crippen LogP contribution is 2.19. The largest absolute Gasteiger partial charge is 0.461 e. The number of nitrogens with one attached hydrogen (secondary N) is 1. The minimum absolute atomic E-state index is 0.289. The molecule has 4 heteroatoms. The Bertz CT molecular complexity index is 483. The Morgan fingerprint density at radius 2 is 2.25 bits per heavy atom. The molecule has 0 spiro atoms. The van der Waals surface area contributed by atoms with Crippen LogP contribution in [0.3, 0.4) is 0 Å². The van der Waals surface area contributed by atoms with Gasteiger partial charge in [0.2, 0.25) is 0 Å². The van der Waals surface area contributed by atoms with Crippen LogP contribution in [0.5, 0.6) is 0 Å². The van der Waals surface area contributed by atoms with Gasteiger partial charge < -0.3 is 14.3 Å². The van der Waals surface area contributed by atoms with Gasteiger partial charge in [-0.25, -0.2) is 4.79 Å². The molecule has 4 nitrogen and oxygen atoms in total. The van der Waals surface area contributed by atoms with Gasteiger partial charge in [0.1, 0.15) is 5.69 Å². The lowest BCUT2D eigenvalue weighted by molar-refractivity contribution is 0.0515. The summed E-state index contributed by atoms with van der Waals surface area (Å²) in [7, 11) is 1.85. The maximum absolute atomic E-state index is 11.6. The SMILES string of the molecule is CCOC(=O)c1ccc(-c2ccc[nH]2)n1C. The second-order valence-electron chi connectivity index (χ2n) is 3.47. The van der Waals surface area contributed by atoms with Crippen LogP contribution in [0.2, 0.25) is 0 Å². The summed E-state index contributed by atoms with van der Waals surface area (Å²) in [4.78, 5) is 14.7. The monoisotopic (exact) mass is 218 g/mol. The van der Waals surface area contributed by atoms with E-state index in [0.717, 1.165) is 11.4 Å². The average Bonchev–Trinajstić information content (AvgIpc) is 2.86. The number of H-pyrrole nitrogens is 1. The number of aromatic nitrogens is 2. The van der Waals surface area contributed by atoms with Crippen LogP contribution in [0.4, 0.5) is 0 Å². The third-order valence-corrected chi connectivity index (χ3v) is 2.48. The van der Waals surface area contributed by atoms with Crippen molar-refractivity contribution in [3.8, 4) is 11.4 Å². The van der Waals surface area contributed by atoms with Crippen molar-refractivity contribution in [3.05, 3.63) is 36.2 Å². The Morgan fingerprint density at radius 1 is 1.44 bits per heavy atom. The molecule has 0 aliphatic carbocycles. The normalized spacial score (nSPS) is 10.4. The number of nitrogens with zero attached hydrogens (tertiary/aromatic N) is 1. The van der Waals surface area contributed by atoms with Crippen LogP contribution in [0.1, 0.15) is 17.4 Å². The molecule has 1 N–H and O–H groups in total. The number of carbonyl (C=O) groups is 1. The molecule has 0 atom stereocenters. The summed E-state index contributed by atoms with van der Waals surface area (Å²) in [5, 5.41) is 0. The maximum atomic E-state index is 11.6. The molecule has 2 rings (SSSR count). The van der Waals surface area contributed by atoms with Gasteiger partial charge in [-0.3, -0.25) is 0 Å². The molecule has 2 aromatic rings. The Morgan fingerprint density at radius 3 is 2.88 bits per heavy atom. The van der Waals surface area contributed by atoms with Gasteiger partial charge in [0.15, 0.2) is 0 Å². The molecule has 0 aromatic carbocycles. The van der Waals surface area contributed by atoms with E-state index in [1.165, 1.54) is 0 Å². The summed E-state index contributed by atoms with van der Waals surface area (Å²) >= 11 is 0. The van der Waals surface area contributed by atoms with Gasteiger partial charge in [0.25, 0.3) is 0 Å². The van der Waals surface area contributed by atoms with Crippen molar-refractivity contribution in [2.24, 2.45) is 7.05 Å². The first kappa shape index (κ1) is 10.5. The summed E-state index contributed by atoms with van der Waals surface area (Å²) in [6.07, 6.45) is 1.85. The smallest absolute Gasteiger partial charge is 0.354 e. The summed E-state index contributed by atoms with van der Waals surface area (Å²) in [5.74, 6) is -0.289. The van der Waals surface area contributed by atoms with Gasteiger partial charge in [-0.1, -0.05) is 0 Å². The number of aromatic amines is 1. The fraction of sp³-hybridized carbons (Fsp3) is 0.250. The molecule has 0 aliphatic heterocycles. The minimum Gasteiger partial charge on any atom is -0.461 e. The van der Waals surface area contributed by atoms with Crippen LogP contribution in [0.15, 0.2) is 30.5 Å². The fourth-order valence-electron chi connectivity index (χ4n) is 1.68. The van der Waals surface area contributed by atoms with E-state index < -0.39 is 0 Å². The zero-order valence-electron chi connectivity index (χ0n) is 9.36. The van der Waals surface area contributed by atoms with Crippen molar-refractivity contribution in [1.82, 2.24) is 9.55 Å². The first-order valence-electron chi connectivity index (χ1n) is 5.20. The lowest BCUT2D eigenvalue weighted by Gasteiger charge is -2.05. The van der Waals surface area contributed by atoms with Crippen molar-refractivity contribution in [2.45, 2.75) is 6.92 Å². The van der Waals surface area contributed by atoms with Crippen molar-refractivity contribution in [1.29, 1.82) is 0 Å². The lowest BCUT2D eigenvalue weighted by Crippen LogP contribution is -2.10. The number of carbonyl (C=O) groups excluding carboxylic acids is 1. The van der Waals surface area contributed by atoms with E-state index in [9.17, 15) is 4.79 Å². The molecule has 0 bridgehead atoms. The summed E-state index contributed by atoms with van der Waals surface area (Å²) in [6.45, 7) is 2.19. The van der Waals surface area contributed by atoms with Crippen molar-refractivity contribution in [3.63, 3.8) is 0 Å². The van der Waals surface area contributed by atoms with E-state index >= 15 is 0 Å². The summed E-state index contributed by atoms with van der Waals surface area (Å²) in [6, 6.07) is 7.56. The predicted molar refractivity (Wildman–Crippen MR) is 61.2 cm³/mol. The zero-order valence-corrected chi connectivity index (χ0v) is 9.36. The molecule has 0 amide bonds. The standard InChI is InChI=1S/C12H14N2O2/c1-3-16-12(15)11-7-6-10(14(11)2)9-5-4-8-13-9/h4-8,13H,3H2,1-2H3. The van der Waals surface area contributed by atoms with Gasteiger partial charge >= 0.3 is 5.97 Å². The molecule has 0 saturated heterocycles. The number of hydrogen-bond acceptors (Lipinski definition) is 2. The number of rotatable bonds is 3. The molecule has 2 heterocycles. The predicted octanol–water partition coefficient (Wildman–Crippen LogP) is 2.20. The Balaban J connectivity index is 2.35. The van der Waals surface area contributed by atoms with E-state index in [1.807, 2.05) is 36.0 Å². The first-order chi connectivity index (χ1) is 7.74. The lowest BCUT2D eigenvalue weighted by atomic mass is 10.3. The number of esters is 1. The first-order valence-corrected chi connectivity index (χ1v) is 5.20. The van der Waals surface area contributed by atoms with Crippen LogP contribution in [-0.4, -0.2) is 22.1 Å². The molecule has 0 unspecified atom stereocenters. The molecule has 0 fully saturated rings. The Labute approximate surface area is 93.9 Å². The molecule has 0 saturated carbocycles. The molecule has 2 aromatic heterocycles. The molecule has 0 aliphatic rings. The van der Waals surface area contributed by atoms with Crippen molar-refractivity contribution in [2.75, 3.05) is 6.61 Å². The van der Waals surface area contributed by atoms with Crippen molar-refractivity contribution < 1.29 is 9.53 Å². The van der Waals surface area contributed by atoms with E-state index in [1.54, 1.807) is 13.0 Å². The van der Waals surface area contributed by atoms with Gasteiger partial charge in [0, 0.05) is 13.2 Å². The highest BCUT2D eigenvalue weighted by Gasteiger charge is 2.14. The zero-order chi connectivity index (χ0) is 11.5. The van der Waals surface area contributed by atoms with Gasteiger partial charge in [0.05, 0.1) is 18.0 Å². The molecule has 16 heavy (non-hydrogen) atoms. The van der Waals surface area contributed by atoms with E-state index in [2.05, 4.69) is 4.98 Å². The highest BCUT2D eigenvalue weighted by atomic mass is 16.5. The molecular weight excluding hydrogens is 204 g/mol. The van der Waals surface area contributed by atoms with Gasteiger partial charge in [-0.2, -0.15) is 0 Å².